The summed E-state index contributed by atoms with van der Waals surface area (Å²) in [5.74, 6) is -0.226. The second-order valence-corrected chi connectivity index (χ2v) is 5.01. The molecule has 5 nitrogen and oxygen atoms in total. The Hall–Kier alpha value is -2.82. The number of hydrogen-bond donors (Lipinski definition) is 2. The Morgan fingerprint density at radius 2 is 2.00 bits per heavy atom. The third-order valence-corrected chi connectivity index (χ3v) is 3.50. The first-order chi connectivity index (χ1) is 10.1. The summed E-state index contributed by atoms with van der Waals surface area (Å²) in [6.07, 6.45) is 0. The highest BCUT2D eigenvalue weighted by Crippen LogP contribution is 2.20. The molecule has 0 atom stereocenters. The summed E-state index contributed by atoms with van der Waals surface area (Å²) < 4.78 is 1.71. The Morgan fingerprint density at radius 3 is 2.76 bits per heavy atom. The number of carbonyl (C=O) groups excluding carboxylic acids is 1. The fourth-order valence-corrected chi connectivity index (χ4v) is 2.33. The number of fused-ring (bicyclic) bond motifs is 1. The third-order valence-electron chi connectivity index (χ3n) is 3.50. The molecule has 3 rings (SSSR count). The summed E-state index contributed by atoms with van der Waals surface area (Å²) >= 11 is 0. The van der Waals surface area contributed by atoms with Gasteiger partial charge in [-0.3, -0.25) is 9.48 Å². The van der Waals surface area contributed by atoms with Crippen LogP contribution in [-0.4, -0.2) is 15.7 Å². The first-order valence-corrected chi connectivity index (χ1v) is 6.65. The highest BCUT2D eigenvalue weighted by atomic mass is 16.2. The van der Waals surface area contributed by atoms with Crippen LogP contribution in [0.2, 0.25) is 0 Å². The van der Waals surface area contributed by atoms with Crippen molar-refractivity contribution in [3.8, 4) is 0 Å². The molecular formula is C16H16N4O. The van der Waals surface area contributed by atoms with Crippen LogP contribution in [0.5, 0.6) is 0 Å². The topological polar surface area (TPSA) is 72.9 Å². The van der Waals surface area contributed by atoms with Crippen molar-refractivity contribution < 1.29 is 4.79 Å². The van der Waals surface area contributed by atoms with E-state index in [1.54, 1.807) is 16.8 Å². The van der Waals surface area contributed by atoms with Crippen LogP contribution < -0.4 is 11.1 Å². The summed E-state index contributed by atoms with van der Waals surface area (Å²) in [6.45, 7) is 1.90. The third kappa shape index (κ3) is 2.33. The molecule has 0 aliphatic carbocycles. The van der Waals surface area contributed by atoms with Crippen LogP contribution in [-0.2, 0) is 7.05 Å². The number of aryl methyl sites for hydroxylation is 2. The molecule has 2 aromatic carbocycles. The minimum Gasteiger partial charge on any atom is -0.399 e. The van der Waals surface area contributed by atoms with Crippen molar-refractivity contribution in [1.82, 2.24) is 9.78 Å². The van der Waals surface area contributed by atoms with Gasteiger partial charge in [-0.25, -0.2) is 0 Å². The zero-order valence-electron chi connectivity index (χ0n) is 11.9. The number of aromatic nitrogens is 2. The fraction of sp³-hybridized carbons (Fsp3) is 0.125. The molecular weight excluding hydrogens is 264 g/mol. The molecule has 0 radical (unpaired) electrons. The number of benzene rings is 2. The van der Waals surface area contributed by atoms with E-state index in [4.69, 9.17) is 5.73 Å². The lowest BCUT2D eigenvalue weighted by Crippen LogP contribution is -2.13. The lowest BCUT2D eigenvalue weighted by Gasteiger charge is -2.06. The highest BCUT2D eigenvalue weighted by molar-refractivity contribution is 6.11. The summed E-state index contributed by atoms with van der Waals surface area (Å²) in [6, 6.07) is 13.1. The van der Waals surface area contributed by atoms with Crippen LogP contribution >= 0.6 is 0 Å². The number of anilines is 2. The number of hydrogen-bond acceptors (Lipinski definition) is 3. The van der Waals surface area contributed by atoms with Gasteiger partial charge >= 0.3 is 0 Å². The lowest BCUT2D eigenvalue weighted by atomic mass is 10.1. The van der Waals surface area contributed by atoms with E-state index in [0.29, 0.717) is 17.1 Å². The van der Waals surface area contributed by atoms with Crippen LogP contribution in [0.15, 0.2) is 42.5 Å². The summed E-state index contributed by atoms with van der Waals surface area (Å²) in [5, 5.41) is 8.00. The predicted octanol–water partition coefficient (Wildman–Crippen LogP) is 2.72. The molecule has 0 spiro atoms. The lowest BCUT2D eigenvalue weighted by molar-refractivity contribution is 0.102. The number of nitrogens with two attached hydrogens (primary N) is 1. The van der Waals surface area contributed by atoms with Crippen LogP contribution in [0.25, 0.3) is 10.9 Å². The van der Waals surface area contributed by atoms with E-state index in [2.05, 4.69) is 10.4 Å². The van der Waals surface area contributed by atoms with Crippen LogP contribution in [0, 0.1) is 6.92 Å². The summed E-state index contributed by atoms with van der Waals surface area (Å²) in [5.41, 5.74) is 9.47. The van der Waals surface area contributed by atoms with E-state index < -0.39 is 0 Å². The zero-order chi connectivity index (χ0) is 15.0. The molecule has 3 N–H and O–H groups in total. The summed E-state index contributed by atoms with van der Waals surface area (Å²) in [4.78, 5) is 12.4. The average molecular weight is 280 g/mol. The SMILES string of the molecule is Cc1cc(NC(=O)c2nn(C)c3ccccc23)ccc1N. The van der Waals surface area contributed by atoms with E-state index in [9.17, 15) is 4.79 Å². The molecule has 0 aliphatic rings. The van der Waals surface area contributed by atoms with Gasteiger partial charge in [0.1, 0.15) is 0 Å². The quantitative estimate of drug-likeness (QED) is 0.709. The van der Waals surface area contributed by atoms with Gasteiger partial charge in [0.05, 0.1) is 5.52 Å². The van der Waals surface area contributed by atoms with Gasteiger partial charge in [-0.2, -0.15) is 5.10 Å². The second kappa shape index (κ2) is 4.94. The standard InChI is InChI=1S/C16H16N4O/c1-10-9-11(7-8-13(10)17)18-16(21)15-12-5-3-4-6-14(12)20(2)19-15/h3-9H,17H2,1-2H3,(H,18,21). The molecule has 1 aromatic heterocycles. The average Bonchev–Trinajstić information content (AvgIpc) is 2.81. The molecule has 0 fully saturated rings. The van der Waals surface area contributed by atoms with Crippen LogP contribution in [0.4, 0.5) is 11.4 Å². The molecule has 0 saturated carbocycles. The Bertz CT molecular complexity index is 835. The van der Waals surface area contributed by atoms with E-state index in [-0.39, 0.29) is 5.91 Å². The van der Waals surface area contributed by atoms with Crippen molar-refractivity contribution in [1.29, 1.82) is 0 Å². The number of para-hydroxylation sites is 1. The maximum atomic E-state index is 12.4. The Kier molecular flexibility index (Phi) is 3.10. The van der Waals surface area contributed by atoms with Crippen LogP contribution in [0.1, 0.15) is 16.1 Å². The predicted molar refractivity (Wildman–Crippen MR) is 84.3 cm³/mol. The van der Waals surface area contributed by atoms with E-state index >= 15 is 0 Å². The molecule has 0 aliphatic heterocycles. The molecule has 1 amide bonds. The molecule has 3 aromatic rings. The molecule has 0 bridgehead atoms. The van der Waals surface area contributed by atoms with Crippen molar-refractivity contribution in [2.45, 2.75) is 6.92 Å². The van der Waals surface area contributed by atoms with Crippen molar-refractivity contribution in [3.05, 3.63) is 53.7 Å². The van der Waals surface area contributed by atoms with Gasteiger partial charge in [0.25, 0.3) is 5.91 Å². The minimum absolute atomic E-state index is 0.226. The number of nitrogen functional groups attached to an aromatic ring is 1. The number of nitrogens with zero attached hydrogens (tertiary/aromatic N) is 2. The Labute approximate surface area is 122 Å². The smallest absolute Gasteiger partial charge is 0.276 e. The fourth-order valence-electron chi connectivity index (χ4n) is 2.33. The number of amides is 1. The minimum atomic E-state index is -0.226. The van der Waals surface area contributed by atoms with E-state index in [0.717, 1.165) is 16.5 Å². The van der Waals surface area contributed by atoms with Gasteiger partial charge in [-0.15, -0.1) is 0 Å². The van der Waals surface area contributed by atoms with E-state index in [1.165, 1.54) is 0 Å². The van der Waals surface area contributed by atoms with Gasteiger partial charge in [-0.05, 0) is 36.8 Å². The maximum absolute atomic E-state index is 12.4. The Balaban J connectivity index is 1.95. The Morgan fingerprint density at radius 1 is 1.24 bits per heavy atom. The normalized spacial score (nSPS) is 10.8. The first-order valence-electron chi connectivity index (χ1n) is 6.65. The second-order valence-electron chi connectivity index (χ2n) is 5.01. The summed E-state index contributed by atoms with van der Waals surface area (Å²) in [7, 11) is 1.83. The maximum Gasteiger partial charge on any atom is 0.276 e. The van der Waals surface area contributed by atoms with Crippen molar-refractivity contribution in [2.75, 3.05) is 11.1 Å². The largest absolute Gasteiger partial charge is 0.399 e. The van der Waals surface area contributed by atoms with Crippen molar-refractivity contribution in [3.63, 3.8) is 0 Å². The van der Waals surface area contributed by atoms with Gasteiger partial charge in [0.2, 0.25) is 0 Å². The highest BCUT2D eigenvalue weighted by Gasteiger charge is 2.15. The van der Waals surface area contributed by atoms with Crippen LogP contribution in [0.3, 0.4) is 0 Å². The number of rotatable bonds is 2. The molecule has 1 heterocycles. The number of carbonyl (C=O) groups is 1. The first kappa shape index (κ1) is 13.2. The number of nitrogens with one attached hydrogen (secondary N) is 1. The van der Waals surface area contributed by atoms with E-state index in [1.807, 2.05) is 44.3 Å². The van der Waals surface area contributed by atoms with Gasteiger partial charge in [0.15, 0.2) is 5.69 Å². The van der Waals surface area contributed by atoms with Crippen molar-refractivity contribution >= 4 is 28.2 Å². The van der Waals surface area contributed by atoms with Gasteiger partial charge in [0, 0.05) is 23.8 Å². The van der Waals surface area contributed by atoms with Gasteiger partial charge in [-0.1, -0.05) is 18.2 Å². The molecule has 0 unspecified atom stereocenters. The molecule has 21 heavy (non-hydrogen) atoms. The molecule has 0 saturated heterocycles. The molecule has 5 heteroatoms. The zero-order valence-corrected chi connectivity index (χ0v) is 11.9. The monoisotopic (exact) mass is 280 g/mol. The molecule has 106 valence electrons. The van der Waals surface area contributed by atoms with Gasteiger partial charge < -0.3 is 11.1 Å². The van der Waals surface area contributed by atoms with Crippen molar-refractivity contribution in [2.24, 2.45) is 7.05 Å².